The van der Waals surface area contributed by atoms with Crippen molar-refractivity contribution in [3.05, 3.63) is 111 Å². The molecule has 5 heteroatoms. The second kappa shape index (κ2) is 9.18. The summed E-state index contributed by atoms with van der Waals surface area (Å²) in [4.78, 5) is 29.0. The number of hydrogen-bond acceptors (Lipinski definition) is 4. The number of carbonyl (C=O) groups excluding carboxylic acids is 1. The first-order valence-electron chi connectivity index (χ1n) is 11.7. The van der Waals surface area contributed by atoms with Crippen molar-refractivity contribution in [2.24, 2.45) is 0 Å². The van der Waals surface area contributed by atoms with E-state index in [0.29, 0.717) is 36.1 Å². The van der Waals surface area contributed by atoms with Gasteiger partial charge in [-0.2, -0.15) is 0 Å². The van der Waals surface area contributed by atoms with Crippen molar-refractivity contribution in [2.45, 2.75) is 32.7 Å². The van der Waals surface area contributed by atoms with Crippen LogP contribution in [0.25, 0.3) is 11.0 Å². The van der Waals surface area contributed by atoms with Crippen LogP contribution in [0, 0.1) is 6.92 Å². The van der Waals surface area contributed by atoms with Gasteiger partial charge < -0.3 is 14.1 Å². The quantitative estimate of drug-likeness (QED) is 0.361. The molecule has 0 radical (unpaired) electrons. The summed E-state index contributed by atoms with van der Waals surface area (Å²) in [5.41, 5.74) is 3.68. The van der Waals surface area contributed by atoms with Gasteiger partial charge in [-0.25, -0.2) is 0 Å². The molecule has 1 aliphatic heterocycles. The van der Waals surface area contributed by atoms with E-state index in [4.69, 9.17) is 9.15 Å². The van der Waals surface area contributed by atoms with E-state index in [1.165, 1.54) is 0 Å². The van der Waals surface area contributed by atoms with Gasteiger partial charge in [-0.15, -0.1) is 0 Å². The summed E-state index contributed by atoms with van der Waals surface area (Å²) in [6.45, 7) is 5.12. The zero-order valence-corrected chi connectivity index (χ0v) is 19.4. The number of amides is 1. The van der Waals surface area contributed by atoms with Crippen LogP contribution < -0.4 is 10.2 Å². The third kappa shape index (κ3) is 3.98. The number of ether oxygens (including phenoxy) is 1. The first-order chi connectivity index (χ1) is 16.6. The standard InChI is InChI=1S/C29H27NO4/c1-3-17-33-22-12-10-21(11-13-22)26-25-27(31)23-18-19(2)9-14-24(23)34-28(25)29(32)30(26)16-15-20-7-5-4-6-8-20/h4-14,18,26H,3,15-17H2,1-2H3. The first-order valence-corrected chi connectivity index (χ1v) is 11.7. The molecule has 2 heterocycles. The van der Waals surface area contributed by atoms with E-state index in [-0.39, 0.29) is 17.1 Å². The Labute approximate surface area is 198 Å². The SMILES string of the molecule is CCCOc1ccc(C2c3c(oc4ccc(C)cc4c3=O)C(=O)N2CCc2ccccc2)cc1. The van der Waals surface area contributed by atoms with Crippen LogP contribution >= 0.6 is 0 Å². The van der Waals surface area contributed by atoms with Crippen LogP contribution in [0.15, 0.2) is 82.0 Å². The minimum Gasteiger partial charge on any atom is -0.494 e. The summed E-state index contributed by atoms with van der Waals surface area (Å²) >= 11 is 0. The Morgan fingerprint density at radius 1 is 0.971 bits per heavy atom. The third-order valence-corrected chi connectivity index (χ3v) is 6.27. The molecule has 1 atom stereocenters. The number of benzene rings is 3. The summed E-state index contributed by atoms with van der Waals surface area (Å²) < 4.78 is 11.8. The molecular formula is C29H27NO4. The summed E-state index contributed by atoms with van der Waals surface area (Å²) in [6.07, 6.45) is 1.61. The van der Waals surface area contributed by atoms with Crippen LogP contribution in [0.2, 0.25) is 0 Å². The Kier molecular flexibility index (Phi) is 5.93. The molecule has 0 saturated heterocycles. The molecule has 1 aliphatic rings. The van der Waals surface area contributed by atoms with Gasteiger partial charge in [0.15, 0.2) is 5.43 Å². The Balaban J connectivity index is 1.60. The van der Waals surface area contributed by atoms with E-state index < -0.39 is 6.04 Å². The van der Waals surface area contributed by atoms with E-state index in [9.17, 15) is 9.59 Å². The number of fused-ring (bicyclic) bond motifs is 2. The van der Waals surface area contributed by atoms with Crippen LogP contribution in [-0.4, -0.2) is 24.0 Å². The molecule has 172 valence electrons. The molecule has 1 unspecified atom stereocenters. The monoisotopic (exact) mass is 453 g/mol. The first kappa shape index (κ1) is 22.0. The zero-order chi connectivity index (χ0) is 23.7. The van der Waals surface area contributed by atoms with E-state index in [0.717, 1.165) is 28.9 Å². The predicted molar refractivity (Wildman–Crippen MR) is 132 cm³/mol. The molecule has 3 aromatic carbocycles. The fourth-order valence-corrected chi connectivity index (χ4v) is 4.57. The van der Waals surface area contributed by atoms with E-state index in [1.807, 2.05) is 73.7 Å². The minimum absolute atomic E-state index is 0.144. The summed E-state index contributed by atoms with van der Waals surface area (Å²) in [5, 5.41) is 0.504. The van der Waals surface area contributed by atoms with E-state index >= 15 is 0 Å². The van der Waals surface area contributed by atoms with Gasteiger partial charge in [0.2, 0.25) is 5.76 Å². The molecule has 0 bridgehead atoms. The average Bonchev–Trinajstić information content (AvgIpc) is 3.14. The van der Waals surface area contributed by atoms with Crippen LogP contribution in [0.3, 0.4) is 0 Å². The predicted octanol–water partition coefficient (Wildman–Crippen LogP) is 5.68. The molecule has 0 saturated carbocycles. The molecule has 5 nitrogen and oxygen atoms in total. The van der Waals surface area contributed by atoms with Gasteiger partial charge in [0.05, 0.1) is 23.6 Å². The highest BCUT2D eigenvalue weighted by Gasteiger charge is 2.42. The molecule has 5 rings (SSSR count). The second-order valence-corrected chi connectivity index (χ2v) is 8.73. The van der Waals surface area contributed by atoms with Crippen molar-refractivity contribution in [1.82, 2.24) is 4.90 Å². The van der Waals surface area contributed by atoms with Gasteiger partial charge in [-0.1, -0.05) is 61.0 Å². The maximum atomic E-state index is 13.7. The Hall–Kier alpha value is -3.86. The molecule has 1 aromatic heterocycles. The third-order valence-electron chi connectivity index (χ3n) is 6.27. The molecule has 4 aromatic rings. The highest BCUT2D eigenvalue weighted by atomic mass is 16.5. The van der Waals surface area contributed by atoms with Crippen LogP contribution in [0.5, 0.6) is 5.75 Å². The van der Waals surface area contributed by atoms with Crippen molar-refractivity contribution >= 4 is 16.9 Å². The highest BCUT2D eigenvalue weighted by molar-refractivity contribution is 5.99. The number of aryl methyl sites for hydroxylation is 1. The van der Waals surface area contributed by atoms with Crippen LogP contribution in [0.4, 0.5) is 0 Å². The largest absolute Gasteiger partial charge is 0.494 e. The number of carbonyl (C=O) groups is 1. The molecule has 0 aliphatic carbocycles. The van der Waals surface area contributed by atoms with Gasteiger partial charge in [-0.3, -0.25) is 9.59 Å². The molecule has 1 amide bonds. The normalized spacial score (nSPS) is 15.1. The zero-order valence-electron chi connectivity index (χ0n) is 19.4. The van der Waals surface area contributed by atoms with Gasteiger partial charge in [-0.05, 0) is 55.2 Å². The van der Waals surface area contributed by atoms with Gasteiger partial charge in [0, 0.05) is 6.54 Å². The maximum Gasteiger partial charge on any atom is 0.290 e. The van der Waals surface area contributed by atoms with Crippen LogP contribution in [0.1, 0.15) is 52.2 Å². The molecular weight excluding hydrogens is 426 g/mol. The summed E-state index contributed by atoms with van der Waals surface area (Å²) in [7, 11) is 0. The number of nitrogens with zero attached hydrogens (tertiary/aromatic N) is 1. The number of rotatable bonds is 7. The molecule has 0 N–H and O–H groups in total. The number of hydrogen-bond donors (Lipinski definition) is 0. The van der Waals surface area contributed by atoms with Crippen LogP contribution in [-0.2, 0) is 6.42 Å². The van der Waals surface area contributed by atoms with Gasteiger partial charge in [0.25, 0.3) is 5.91 Å². The van der Waals surface area contributed by atoms with Crippen molar-refractivity contribution in [2.75, 3.05) is 13.2 Å². The topological polar surface area (TPSA) is 59.8 Å². The lowest BCUT2D eigenvalue weighted by Gasteiger charge is -2.25. The lowest BCUT2D eigenvalue weighted by molar-refractivity contribution is 0.0730. The van der Waals surface area contributed by atoms with Crippen molar-refractivity contribution in [3.63, 3.8) is 0 Å². The van der Waals surface area contributed by atoms with E-state index in [2.05, 4.69) is 6.92 Å². The Bertz CT molecular complexity index is 1390. The van der Waals surface area contributed by atoms with Crippen molar-refractivity contribution in [1.29, 1.82) is 0 Å². The highest BCUT2D eigenvalue weighted by Crippen LogP contribution is 2.38. The molecule has 34 heavy (non-hydrogen) atoms. The lowest BCUT2D eigenvalue weighted by Crippen LogP contribution is -2.31. The summed E-state index contributed by atoms with van der Waals surface area (Å²) in [5.74, 6) is 0.666. The average molecular weight is 454 g/mol. The fourth-order valence-electron chi connectivity index (χ4n) is 4.57. The lowest BCUT2D eigenvalue weighted by atomic mass is 9.98. The van der Waals surface area contributed by atoms with Crippen molar-refractivity contribution < 1.29 is 13.9 Å². The minimum atomic E-state index is -0.507. The fraction of sp³-hybridized carbons (Fsp3) is 0.241. The smallest absolute Gasteiger partial charge is 0.290 e. The Morgan fingerprint density at radius 3 is 2.47 bits per heavy atom. The van der Waals surface area contributed by atoms with E-state index in [1.54, 1.807) is 11.0 Å². The van der Waals surface area contributed by atoms with Gasteiger partial charge in [0.1, 0.15) is 11.3 Å². The maximum absolute atomic E-state index is 13.7. The van der Waals surface area contributed by atoms with Crippen molar-refractivity contribution in [3.8, 4) is 5.75 Å². The van der Waals surface area contributed by atoms with Gasteiger partial charge >= 0.3 is 0 Å². The summed E-state index contributed by atoms with van der Waals surface area (Å²) in [6, 6.07) is 22.7. The molecule has 0 fully saturated rings. The molecule has 0 spiro atoms. The Morgan fingerprint density at radius 2 is 1.74 bits per heavy atom. The second-order valence-electron chi connectivity index (χ2n) is 8.73.